The molecule has 3 heterocycles. The highest BCUT2D eigenvalue weighted by atomic mass is 19.1. The minimum absolute atomic E-state index is 0.0104. The molecule has 0 bridgehead atoms. The topological polar surface area (TPSA) is 90.6 Å². The third-order valence-corrected chi connectivity index (χ3v) is 6.43. The van der Waals surface area contributed by atoms with E-state index in [0.717, 1.165) is 41.9 Å². The normalized spacial score (nSPS) is 15.7. The summed E-state index contributed by atoms with van der Waals surface area (Å²) in [6, 6.07) is 15.6. The summed E-state index contributed by atoms with van der Waals surface area (Å²) in [4.78, 5) is 23.5. The van der Waals surface area contributed by atoms with Gasteiger partial charge in [-0.1, -0.05) is 24.3 Å². The lowest BCUT2D eigenvalue weighted by molar-refractivity contribution is 0.0605. The summed E-state index contributed by atoms with van der Waals surface area (Å²) < 4.78 is 15.1. The molecule has 0 saturated carbocycles. The lowest BCUT2D eigenvalue weighted by Gasteiger charge is -2.35. The second kappa shape index (κ2) is 9.55. The first-order valence-corrected chi connectivity index (χ1v) is 11.7. The number of nitrogens with one attached hydrogen (secondary N) is 1. The van der Waals surface area contributed by atoms with Gasteiger partial charge in [-0.25, -0.2) is 9.37 Å². The molecule has 1 N–H and O–H groups in total. The van der Waals surface area contributed by atoms with Gasteiger partial charge >= 0.3 is 0 Å². The predicted octanol–water partition coefficient (Wildman–Crippen LogP) is 4.73. The molecule has 176 valence electrons. The number of halogens is 1. The molecule has 0 radical (unpaired) electrons. The van der Waals surface area contributed by atoms with Crippen molar-refractivity contribution in [2.45, 2.75) is 31.7 Å². The Hall–Kier alpha value is -4.25. The van der Waals surface area contributed by atoms with Crippen molar-refractivity contribution in [3.63, 3.8) is 0 Å². The summed E-state index contributed by atoms with van der Waals surface area (Å²) in [6.45, 7) is 0.653. The Morgan fingerprint density at radius 1 is 1.20 bits per heavy atom. The van der Waals surface area contributed by atoms with Gasteiger partial charge in [0.05, 0.1) is 23.5 Å². The van der Waals surface area contributed by atoms with Crippen LogP contribution in [0.2, 0.25) is 0 Å². The maximum atomic E-state index is 13.7. The van der Waals surface area contributed by atoms with Crippen LogP contribution in [-0.4, -0.2) is 43.1 Å². The number of nitrogens with zero attached hydrogens (tertiary/aromatic N) is 5. The number of nitriles is 1. The van der Waals surface area contributed by atoms with E-state index >= 15 is 0 Å². The third-order valence-electron chi connectivity index (χ3n) is 6.43. The maximum Gasteiger partial charge on any atom is 0.275 e. The number of piperidine rings is 1. The second-order valence-corrected chi connectivity index (χ2v) is 8.86. The lowest BCUT2D eigenvalue weighted by atomic mass is 9.97. The van der Waals surface area contributed by atoms with Gasteiger partial charge in [-0.05, 0) is 49.1 Å². The second-order valence-electron chi connectivity index (χ2n) is 8.86. The molecular weight excluding hydrogens is 443 g/mol. The molecule has 2 aromatic carbocycles. The Bertz CT molecular complexity index is 1400. The number of aryl methyl sites for hydroxylation is 1. The molecular formula is C27H25FN6O. The van der Waals surface area contributed by atoms with Gasteiger partial charge < -0.3 is 9.88 Å². The maximum absolute atomic E-state index is 13.7. The first-order chi connectivity index (χ1) is 17.0. The molecule has 4 aromatic rings. The number of rotatable bonds is 5. The fourth-order valence-corrected chi connectivity index (χ4v) is 4.70. The number of aromatic nitrogens is 4. The van der Waals surface area contributed by atoms with Crippen molar-refractivity contribution in [2.24, 2.45) is 7.05 Å². The Balaban J connectivity index is 1.38. The average molecular weight is 469 g/mol. The molecule has 1 atom stereocenters. The molecule has 0 spiro atoms. The smallest absolute Gasteiger partial charge is 0.275 e. The Kier molecular flexibility index (Phi) is 6.15. The van der Waals surface area contributed by atoms with E-state index in [0.29, 0.717) is 29.8 Å². The molecule has 1 unspecified atom stereocenters. The third kappa shape index (κ3) is 4.71. The van der Waals surface area contributed by atoms with Crippen molar-refractivity contribution < 1.29 is 9.18 Å². The molecule has 1 aliphatic heterocycles. The van der Waals surface area contributed by atoms with Gasteiger partial charge in [0, 0.05) is 43.4 Å². The molecule has 1 saturated heterocycles. The van der Waals surface area contributed by atoms with Crippen LogP contribution in [0.5, 0.6) is 0 Å². The standard InChI is InChI=1S/C27H25FN6O/c1-33-17-23(19-8-10-21(28)11-9-19)26(32-33)27(35)34-12-3-2-7-22(34)14-25-30-16-24(31-25)20-6-4-5-18(13-20)15-29/h4-6,8-11,13,16-17,22H,2-3,7,12,14H2,1H3,(H,30,31). The zero-order chi connectivity index (χ0) is 24.4. The summed E-state index contributed by atoms with van der Waals surface area (Å²) in [6.07, 6.45) is 7.02. The first-order valence-electron chi connectivity index (χ1n) is 11.7. The predicted molar refractivity (Wildman–Crippen MR) is 130 cm³/mol. The van der Waals surface area contributed by atoms with Gasteiger partial charge in [0.15, 0.2) is 5.69 Å². The number of carbonyl (C=O) groups is 1. The van der Waals surface area contributed by atoms with Crippen molar-refractivity contribution >= 4 is 5.91 Å². The molecule has 7 nitrogen and oxygen atoms in total. The molecule has 0 aliphatic carbocycles. The van der Waals surface area contributed by atoms with E-state index in [2.05, 4.69) is 21.1 Å². The summed E-state index contributed by atoms with van der Waals surface area (Å²) in [5.74, 6) is 0.355. The van der Waals surface area contributed by atoms with E-state index in [-0.39, 0.29) is 17.8 Å². The van der Waals surface area contributed by atoms with Crippen molar-refractivity contribution in [1.29, 1.82) is 5.26 Å². The van der Waals surface area contributed by atoms with Crippen molar-refractivity contribution in [3.05, 3.63) is 83.8 Å². The number of hydrogen-bond donors (Lipinski definition) is 1. The van der Waals surface area contributed by atoms with Crippen LogP contribution in [0.4, 0.5) is 4.39 Å². The molecule has 35 heavy (non-hydrogen) atoms. The zero-order valence-electron chi connectivity index (χ0n) is 19.4. The van der Waals surface area contributed by atoms with Crippen LogP contribution in [0.15, 0.2) is 60.9 Å². The van der Waals surface area contributed by atoms with Gasteiger partial charge in [-0.15, -0.1) is 0 Å². The molecule has 8 heteroatoms. The van der Waals surface area contributed by atoms with E-state index in [1.165, 1.54) is 12.1 Å². The van der Waals surface area contributed by atoms with Gasteiger partial charge in [0.2, 0.25) is 0 Å². The number of aromatic amines is 1. The highest BCUT2D eigenvalue weighted by Gasteiger charge is 2.31. The summed E-state index contributed by atoms with van der Waals surface area (Å²) in [5, 5.41) is 13.6. The van der Waals surface area contributed by atoms with Crippen molar-refractivity contribution in [3.8, 4) is 28.5 Å². The highest BCUT2D eigenvalue weighted by molar-refractivity contribution is 5.99. The SMILES string of the molecule is Cn1cc(-c2ccc(F)cc2)c(C(=O)N2CCCCC2Cc2ncc(-c3cccc(C#N)c3)[nH]2)n1. The molecule has 2 aromatic heterocycles. The van der Waals surface area contributed by atoms with E-state index in [1.807, 2.05) is 23.1 Å². The number of amides is 1. The van der Waals surface area contributed by atoms with Crippen LogP contribution in [-0.2, 0) is 13.5 Å². The number of H-pyrrole nitrogens is 1. The summed E-state index contributed by atoms with van der Waals surface area (Å²) >= 11 is 0. The molecule has 1 amide bonds. The van der Waals surface area contributed by atoms with Crippen molar-refractivity contribution in [1.82, 2.24) is 24.6 Å². The van der Waals surface area contributed by atoms with Crippen LogP contribution in [0, 0.1) is 17.1 Å². The fraction of sp³-hybridized carbons (Fsp3) is 0.259. The quantitative estimate of drug-likeness (QED) is 0.459. The van der Waals surface area contributed by atoms with E-state index in [1.54, 1.807) is 42.3 Å². The van der Waals surface area contributed by atoms with Gasteiger partial charge in [-0.2, -0.15) is 10.4 Å². The van der Waals surface area contributed by atoms with E-state index in [4.69, 9.17) is 0 Å². The highest BCUT2D eigenvalue weighted by Crippen LogP contribution is 2.28. The van der Waals surface area contributed by atoms with E-state index < -0.39 is 0 Å². The van der Waals surface area contributed by atoms with Gasteiger partial charge in [0.1, 0.15) is 11.6 Å². The van der Waals surface area contributed by atoms with Gasteiger partial charge in [0.25, 0.3) is 5.91 Å². The van der Waals surface area contributed by atoms with Crippen LogP contribution in [0.1, 0.15) is 41.1 Å². The largest absolute Gasteiger partial charge is 0.342 e. The molecule has 5 rings (SSSR count). The van der Waals surface area contributed by atoms with Crippen molar-refractivity contribution in [2.75, 3.05) is 6.54 Å². The van der Waals surface area contributed by atoms with Crippen LogP contribution in [0.25, 0.3) is 22.4 Å². The lowest BCUT2D eigenvalue weighted by Crippen LogP contribution is -2.45. The van der Waals surface area contributed by atoms with Crippen LogP contribution >= 0.6 is 0 Å². The zero-order valence-corrected chi connectivity index (χ0v) is 19.4. The minimum atomic E-state index is -0.321. The number of hydrogen-bond acceptors (Lipinski definition) is 4. The number of imidazole rings is 1. The molecule has 1 aliphatic rings. The Morgan fingerprint density at radius 3 is 2.83 bits per heavy atom. The van der Waals surface area contributed by atoms with E-state index in [9.17, 15) is 14.4 Å². The van der Waals surface area contributed by atoms with Crippen LogP contribution < -0.4 is 0 Å². The van der Waals surface area contributed by atoms with Gasteiger partial charge in [-0.3, -0.25) is 9.48 Å². The Morgan fingerprint density at radius 2 is 2.03 bits per heavy atom. The minimum Gasteiger partial charge on any atom is -0.342 e. The number of benzene rings is 2. The fourth-order valence-electron chi connectivity index (χ4n) is 4.70. The molecule has 1 fully saturated rings. The average Bonchev–Trinajstić information content (AvgIpc) is 3.51. The monoisotopic (exact) mass is 468 g/mol. The first kappa shape index (κ1) is 22.5. The summed E-state index contributed by atoms with van der Waals surface area (Å²) in [5.41, 5.74) is 4.16. The Labute approximate surface area is 202 Å². The number of carbonyl (C=O) groups excluding carboxylic acids is 1. The summed E-state index contributed by atoms with van der Waals surface area (Å²) in [7, 11) is 1.78. The number of likely N-dealkylation sites (tertiary alicyclic amines) is 1. The van der Waals surface area contributed by atoms with Crippen LogP contribution in [0.3, 0.4) is 0 Å².